The average molecular weight is 384 g/mol. The number of fused-ring (bicyclic) bond motifs is 1. The first-order chi connectivity index (χ1) is 12.5. The van der Waals surface area contributed by atoms with Crippen molar-refractivity contribution in [2.24, 2.45) is 0 Å². The van der Waals surface area contributed by atoms with E-state index in [9.17, 15) is 5.11 Å². The van der Waals surface area contributed by atoms with Gasteiger partial charge in [-0.3, -0.25) is 5.10 Å². The highest BCUT2D eigenvalue weighted by Crippen LogP contribution is 2.34. The van der Waals surface area contributed by atoms with Crippen molar-refractivity contribution >= 4 is 39.9 Å². The molecule has 3 aromatic carbocycles. The first-order valence-corrected chi connectivity index (χ1v) is 8.76. The number of phenolic OH excluding ortho intramolecular Hbond substituents is 1. The van der Waals surface area contributed by atoms with E-state index in [2.05, 4.69) is 10.2 Å². The van der Waals surface area contributed by atoms with Crippen LogP contribution in [0.5, 0.6) is 5.75 Å². The number of nitrogens with two attached hydrogens (primary N) is 1. The summed E-state index contributed by atoms with van der Waals surface area (Å²) in [4.78, 5) is 0. The minimum Gasteiger partial charge on any atom is -0.508 e. The molecule has 6 heteroatoms. The number of aromatic hydroxyl groups is 1. The number of hydrogen-bond acceptors (Lipinski definition) is 3. The lowest BCUT2D eigenvalue weighted by Gasteiger charge is -2.12. The molecule has 4 N–H and O–H groups in total. The summed E-state index contributed by atoms with van der Waals surface area (Å²) in [6.07, 6.45) is 0.593. The molecule has 0 atom stereocenters. The van der Waals surface area contributed by atoms with Crippen LogP contribution in [-0.4, -0.2) is 15.3 Å². The molecule has 0 saturated carbocycles. The van der Waals surface area contributed by atoms with Crippen molar-refractivity contribution < 1.29 is 5.11 Å². The molecule has 0 fully saturated rings. The molecule has 0 unspecified atom stereocenters. The van der Waals surface area contributed by atoms with Gasteiger partial charge in [0.25, 0.3) is 0 Å². The monoisotopic (exact) mass is 383 g/mol. The van der Waals surface area contributed by atoms with Gasteiger partial charge < -0.3 is 10.8 Å². The number of benzene rings is 3. The van der Waals surface area contributed by atoms with Crippen LogP contribution in [0.1, 0.15) is 11.1 Å². The highest BCUT2D eigenvalue weighted by atomic mass is 35.5. The molecule has 26 heavy (non-hydrogen) atoms. The number of aromatic nitrogens is 2. The fraction of sp³-hybridized carbons (Fsp3) is 0.0500. The Kier molecular flexibility index (Phi) is 4.23. The van der Waals surface area contributed by atoms with Crippen LogP contribution in [0.3, 0.4) is 0 Å². The zero-order chi connectivity index (χ0) is 18.3. The molecule has 0 radical (unpaired) electrons. The summed E-state index contributed by atoms with van der Waals surface area (Å²) in [5.74, 6) is 0.677. The molecule has 4 aromatic rings. The van der Waals surface area contributed by atoms with Crippen LogP contribution in [0.25, 0.3) is 22.0 Å². The molecular weight excluding hydrogens is 369 g/mol. The zero-order valence-corrected chi connectivity index (χ0v) is 15.1. The van der Waals surface area contributed by atoms with Gasteiger partial charge in [0.2, 0.25) is 0 Å². The molecule has 0 aliphatic heterocycles. The van der Waals surface area contributed by atoms with E-state index >= 15 is 0 Å². The summed E-state index contributed by atoms with van der Waals surface area (Å²) < 4.78 is 0. The normalized spacial score (nSPS) is 11.2. The number of phenols is 1. The Morgan fingerprint density at radius 1 is 0.962 bits per heavy atom. The van der Waals surface area contributed by atoms with E-state index in [-0.39, 0.29) is 5.75 Å². The molecule has 1 heterocycles. The van der Waals surface area contributed by atoms with Crippen molar-refractivity contribution in [2.75, 3.05) is 5.73 Å². The molecule has 0 amide bonds. The SMILES string of the molecule is Nc1n[nH]c2cc(-c3ccc(O)cc3)c(Cc3cc(Cl)ccc3Cl)cc12. The maximum atomic E-state index is 9.59. The van der Waals surface area contributed by atoms with Gasteiger partial charge in [-0.1, -0.05) is 35.3 Å². The minimum atomic E-state index is 0.222. The van der Waals surface area contributed by atoms with E-state index in [1.165, 1.54) is 0 Å². The Morgan fingerprint density at radius 3 is 2.50 bits per heavy atom. The molecule has 130 valence electrons. The molecule has 0 aliphatic carbocycles. The second-order valence-electron chi connectivity index (χ2n) is 6.12. The Hall–Kier alpha value is -2.69. The second kappa shape index (κ2) is 6.56. The van der Waals surface area contributed by atoms with Crippen LogP contribution in [0.2, 0.25) is 10.0 Å². The summed E-state index contributed by atoms with van der Waals surface area (Å²) in [7, 11) is 0. The molecule has 0 bridgehead atoms. The smallest absolute Gasteiger partial charge is 0.153 e. The number of halogens is 2. The number of nitrogens with one attached hydrogen (secondary N) is 1. The van der Waals surface area contributed by atoms with Crippen LogP contribution in [0, 0.1) is 0 Å². The molecule has 0 aliphatic rings. The number of H-pyrrole nitrogens is 1. The maximum absolute atomic E-state index is 9.59. The van der Waals surface area contributed by atoms with E-state index in [1.807, 2.05) is 30.3 Å². The highest BCUT2D eigenvalue weighted by molar-refractivity contribution is 6.33. The lowest BCUT2D eigenvalue weighted by atomic mass is 9.93. The van der Waals surface area contributed by atoms with Gasteiger partial charge in [-0.25, -0.2) is 0 Å². The lowest BCUT2D eigenvalue weighted by molar-refractivity contribution is 0.475. The van der Waals surface area contributed by atoms with Crippen molar-refractivity contribution in [1.29, 1.82) is 0 Å². The van der Waals surface area contributed by atoms with Gasteiger partial charge in [-0.2, -0.15) is 5.10 Å². The largest absolute Gasteiger partial charge is 0.508 e. The predicted molar refractivity (Wildman–Crippen MR) is 107 cm³/mol. The molecule has 1 aromatic heterocycles. The summed E-state index contributed by atoms with van der Waals surface area (Å²) in [6, 6.07) is 16.5. The number of rotatable bonds is 3. The van der Waals surface area contributed by atoms with Crippen molar-refractivity contribution in [1.82, 2.24) is 10.2 Å². The number of hydrogen-bond donors (Lipinski definition) is 3. The summed E-state index contributed by atoms with van der Waals surface area (Å²) in [6.45, 7) is 0. The van der Waals surface area contributed by atoms with E-state index in [1.54, 1.807) is 24.3 Å². The third-order valence-electron chi connectivity index (χ3n) is 4.38. The van der Waals surface area contributed by atoms with Crippen LogP contribution < -0.4 is 5.73 Å². The number of nitrogen functional groups attached to an aromatic ring is 1. The predicted octanol–water partition coefficient (Wildman–Crippen LogP) is 5.42. The van der Waals surface area contributed by atoms with Gasteiger partial charge in [0.15, 0.2) is 5.82 Å². The van der Waals surface area contributed by atoms with Crippen LogP contribution in [0.15, 0.2) is 54.6 Å². The standard InChI is InChI=1S/C20H15Cl2N3O/c21-14-3-6-18(22)13(8-14)7-12-9-17-19(24-25-20(17)23)10-16(12)11-1-4-15(26)5-2-11/h1-6,8-10,26H,7H2,(H3,23,24,25). The number of nitrogens with zero attached hydrogens (tertiary/aromatic N) is 1. The highest BCUT2D eigenvalue weighted by Gasteiger charge is 2.13. The summed E-state index contributed by atoms with van der Waals surface area (Å²) in [5, 5.41) is 18.8. The van der Waals surface area contributed by atoms with Crippen molar-refractivity contribution in [3.05, 3.63) is 75.8 Å². The fourth-order valence-corrected chi connectivity index (χ4v) is 3.45. The summed E-state index contributed by atoms with van der Waals surface area (Å²) in [5.41, 5.74) is 10.8. The molecule has 4 rings (SSSR count). The average Bonchev–Trinajstić information content (AvgIpc) is 2.99. The van der Waals surface area contributed by atoms with Crippen molar-refractivity contribution in [2.45, 2.75) is 6.42 Å². The second-order valence-corrected chi connectivity index (χ2v) is 6.97. The van der Waals surface area contributed by atoms with Crippen LogP contribution >= 0.6 is 23.2 Å². The first-order valence-electron chi connectivity index (χ1n) is 8.01. The number of anilines is 1. The lowest BCUT2D eigenvalue weighted by Crippen LogP contribution is -1.95. The Balaban J connectivity index is 1.90. The van der Waals surface area contributed by atoms with Crippen LogP contribution in [0.4, 0.5) is 5.82 Å². The summed E-state index contributed by atoms with van der Waals surface area (Å²) >= 11 is 12.5. The maximum Gasteiger partial charge on any atom is 0.153 e. The number of aromatic amines is 1. The van der Waals surface area contributed by atoms with Crippen molar-refractivity contribution in [3.63, 3.8) is 0 Å². The Bertz CT molecular complexity index is 1100. The van der Waals surface area contributed by atoms with Gasteiger partial charge in [-0.05, 0) is 71.1 Å². The Labute approximate surface area is 160 Å². The third-order valence-corrected chi connectivity index (χ3v) is 4.99. The van der Waals surface area contributed by atoms with Gasteiger partial charge in [-0.15, -0.1) is 0 Å². The quantitative estimate of drug-likeness (QED) is 0.442. The zero-order valence-electron chi connectivity index (χ0n) is 13.6. The minimum absolute atomic E-state index is 0.222. The Morgan fingerprint density at radius 2 is 1.73 bits per heavy atom. The first kappa shape index (κ1) is 16.8. The molecule has 0 saturated heterocycles. The van der Waals surface area contributed by atoms with Gasteiger partial charge in [0.1, 0.15) is 5.75 Å². The van der Waals surface area contributed by atoms with Gasteiger partial charge in [0.05, 0.1) is 5.52 Å². The topological polar surface area (TPSA) is 74.9 Å². The van der Waals surface area contributed by atoms with Gasteiger partial charge >= 0.3 is 0 Å². The van der Waals surface area contributed by atoms with Crippen molar-refractivity contribution in [3.8, 4) is 16.9 Å². The molecule has 4 nitrogen and oxygen atoms in total. The molecule has 0 spiro atoms. The van der Waals surface area contributed by atoms with E-state index in [0.717, 1.165) is 33.2 Å². The van der Waals surface area contributed by atoms with E-state index in [0.29, 0.717) is 22.3 Å². The fourth-order valence-electron chi connectivity index (χ4n) is 3.07. The third kappa shape index (κ3) is 3.09. The van der Waals surface area contributed by atoms with E-state index in [4.69, 9.17) is 28.9 Å². The van der Waals surface area contributed by atoms with E-state index < -0.39 is 0 Å². The van der Waals surface area contributed by atoms with Gasteiger partial charge in [0, 0.05) is 15.4 Å². The van der Waals surface area contributed by atoms with Crippen LogP contribution in [-0.2, 0) is 6.42 Å². The molecular formula is C20H15Cl2N3O.